The molecule has 3 heteroatoms. The number of hydrogen-bond acceptors (Lipinski definition) is 3. The molecule has 0 amide bonds. The fraction of sp³-hybridized carbons (Fsp3) is 0.562. The quantitative estimate of drug-likeness (QED) is 0.856. The number of carbonyl (C=O) groups excluding carboxylic acids is 1. The van der Waals surface area contributed by atoms with Crippen molar-refractivity contribution in [2.24, 2.45) is 5.41 Å². The zero-order valence-electron chi connectivity index (χ0n) is 12.4. The van der Waals surface area contributed by atoms with E-state index >= 15 is 0 Å². The molecular formula is C16H23NOS. The Labute approximate surface area is 120 Å². The molecule has 0 aromatic heterocycles. The van der Waals surface area contributed by atoms with E-state index in [1.165, 1.54) is 11.1 Å². The minimum absolute atomic E-state index is 0.00273. The van der Waals surface area contributed by atoms with Crippen molar-refractivity contribution in [3.63, 3.8) is 0 Å². The van der Waals surface area contributed by atoms with Gasteiger partial charge in [0.15, 0.2) is 5.78 Å². The maximum atomic E-state index is 12.2. The van der Waals surface area contributed by atoms with Crippen molar-refractivity contribution in [2.75, 3.05) is 0 Å². The molecular weight excluding hydrogens is 254 g/mol. The molecule has 0 radical (unpaired) electrons. The molecule has 19 heavy (non-hydrogen) atoms. The van der Waals surface area contributed by atoms with Crippen LogP contribution >= 0.6 is 11.8 Å². The monoisotopic (exact) mass is 277 g/mol. The van der Waals surface area contributed by atoms with Crippen molar-refractivity contribution in [3.8, 4) is 0 Å². The zero-order valence-corrected chi connectivity index (χ0v) is 13.2. The largest absolute Gasteiger partial charge is 0.297 e. The highest BCUT2D eigenvalue weighted by Gasteiger charge is 2.56. The molecule has 0 bridgehead atoms. The Balaban J connectivity index is 1.91. The molecule has 1 fully saturated rings. The Morgan fingerprint density at radius 1 is 1.32 bits per heavy atom. The van der Waals surface area contributed by atoms with Gasteiger partial charge in [0.1, 0.15) is 0 Å². The number of thioether (sulfide) groups is 1. The van der Waals surface area contributed by atoms with E-state index in [4.69, 9.17) is 0 Å². The van der Waals surface area contributed by atoms with Crippen molar-refractivity contribution in [3.05, 3.63) is 35.4 Å². The molecule has 1 aromatic rings. The Morgan fingerprint density at radius 3 is 2.42 bits per heavy atom. The van der Waals surface area contributed by atoms with Gasteiger partial charge in [-0.2, -0.15) is 0 Å². The molecule has 1 saturated heterocycles. The van der Waals surface area contributed by atoms with Crippen LogP contribution in [0, 0.1) is 12.3 Å². The first-order valence-electron chi connectivity index (χ1n) is 6.74. The minimum atomic E-state index is -0.264. The number of ketones is 1. The van der Waals surface area contributed by atoms with E-state index in [0.717, 1.165) is 5.75 Å². The third-order valence-corrected chi connectivity index (χ3v) is 4.99. The molecule has 1 heterocycles. The molecule has 0 saturated carbocycles. The Hall–Kier alpha value is -0.800. The maximum Gasteiger partial charge on any atom is 0.157 e. The number of rotatable bonds is 4. The highest BCUT2D eigenvalue weighted by molar-refractivity contribution is 8.00. The summed E-state index contributed by atoms with van der Waals surface area (Å²) in [6, 6.07) is 8.60. The summed E-state index contributed by atoms with van der Waals surface area (Å²) in [5, 5.41) is 3.35. The lowest BCUT2D eigenvalue weighted by Gasteiger charge is -2.17. The van der Waals surface area contributed by atoms with Gasteiger partial charge in [-0.15, -0.1) is 11.8 Å². The molecule has 1 aromatic carbocycles. The van der Waals surface area contributed by atoms with Crippen LogP contribution in [-0.2, 0) is 10.5 Å². The molecule has 2 unspecified atom stereocenters. The van der Waals surface area contributed by atoms with Crippen LogP contribution in [0.1, 0.15) is 38.8 Å². The van der Waals surface area contributed by atoms with Crippen LogP contribution in [0.4, 0.5) is 0 Å². The average molecular weight is 277 g/mol. The Bertz CT molecular complexity index is 475. The summed E-state index contributed by atoms with van der Waals surface area (Å²) in [5.74, 6) is 1.25. The fourth-order valence-electron chi connectivity index (χ4n) is 2.04. The van der Waals surface area contributed by atoms with E-state index in [2.05, 4.69) is 43.4 Å². The molecule has 1 aliphatic rings. The van der Waals surface area contributed by atoms with Gasteiger partial charge in [-0.3, -0.25) is 10.1 Å². The van der Waals surface area contributed by atoms with Crippen LogP contribution in [0.3, 0.4) is 0 Å². The van der Waals surface area contributed by atoms with Crippen LogP contribution in [0.2, 0.25) is 0 Å². The minimum Gasteiger partial charge on any atom is -0.297 e. The molecule has 0 aliphatic carbocycles. The smallest absolute Gasteiger partial charge is 0.157 e. The summed E-state index contributed by atoms with van der Waals surface area (Å²) in [6.45, 7) is 10.2. The molecule has 0 spiro atoms. The first kappa shape index (κ1) is 14.6. The number of benzene rings is 1. The third-order valence-electron chi connectivity index (χ3n) is 3.56. The van der Waals surface area contributed by atoms with Crippen molar-refractivity contribution >= 4 is 17.5 Å². The second kappa shape index (κ2) is 4.95. The van der Waals surface area contributed by atoms with Gasteiger partial charge < -0.3 is 0 Å². The summed E-state index contributed by atoms with van der Waals surface area (Å²) in [5.41, 5.74) is 2.33. The summed E-state index contributed by atoms with van der Waals surface area (Å²) in [4.78, 5) is 12.1. The van der Waals surface area contributed by atoms with E-state index in [9.17, 15) is 4.79 Å². The first-order chi connectivity index (χ1) is 8.72. The van der Waals surface area contributed by atoms with Gasteiger partial charge in [-0.25, -0.2) is 0 Å². The van der Waals surface area contributed by atoms with Gasteiger partial charge in [0.2, 0.25) is 0 Å². The highest BCUT2D eigenvalue weighted by Crippen LogP contribution is 2.42. The fourth-order valence-corrected chi connectivity index (χ4v) is 3.17. The predicted octanol–water partition coefficient (Wildman–Crippen LogP) is 3.53. The zero-order chi connectivity index (χ0) is 14.3. The van der Waals surface area contributed by atoms with Crippen molar-refractivity contribution in [1.82, 2.24) is 5.32 Å². The van der Waals surface area contributed by atoms with Crippen molar-refractivity contribution in [1.29, 1.82) is 0 Å². The van der Waals surface area contributed by atoms with Crippen molar-refractivity contribution in [2.45, 2.75) is 51.3 Å². The van der Waals surface area contributed by atoms with E-state index in [1.54, 1.807) is 0 Å². The number of carbonyl (C=O) groups is 1. The average Bonchev–Trinajstić information content (AvgIpc) is 2.99. The second-order valence-electron chi connectivity index (χ2n) is 6.57. The molecule has 2 nitrogen and oxygen atoms in total. The van der Waals surface area contributed by atoms with E-state index in [1.807, 2.05) is 32.5 Å². The predicted molar refractivity (Wildman–Crippen MR) is 82.3 cm³/mol. The van der Waals surface area contributed by atoms with E-state index in [-0.39, 0.29) is 16.3 Å². The Kier molecular flexibility index (Phi) is 3.80. The van der Waals surface area contributed by atoms with Crippen molar-refractivity contribution < 1.29 is 4.79 Å². The summed E-state index contributed by atoms with van der Waals surface area (Å²) < 4.78 is 0. The second-order valence-corrected chi connectivity index (χ2v) is 8.00. The number of hydrogen-bond donors (Lipinski definition) is 1. The number of Topliss-reactive ketones (excluding diaryl/α,β-unsaturated/α-hetero) is 1. The third kappa shape index (κ3) is 3.40. The standard InChI is InChI=1S/C16H23NOS/c1-11-6-8-12(9-7-11)10-19-16(5)13(17-16)14(18)15(2,3)4/h6-9,13,17H,10H2,1-5H3. The molecule has 2 rings (SSSR count). The normalized spacial score (nSPS) is 26.3. The van der Waals surface area contributed by atoms with Crippen LogP contribution in [-0.4, -0.2) is 16.7 Å². The van der Waals surface area contributed by atoms with Gasteiger partial charge in [-0.05, 0) is 19.4 Å². The van der Waals surface area contributed by atoms with E-state index in [0.29, 0.717) is 5.78 Å². The van der Waals surface area contributed by atoms with Crippen LogP contribution in [0.15, 0.2) is 24.3 Å². The molecule has 2 atom stereocenters. The Morgan fingerprint density at radius 2 is 1.89 bits per heavy atom. The highest BCUT2D eigenvalue weighted by atomic mass is 32.2. The number of aryl methyl sites for hydroxylation is 1. The van der Waals surface area contributed by atoms with Crippen LogP contribution < -0.4 is 5.32 Å². The molecule has 1 aliphatic heterocycles. The molecule has 1 N–H and O–H groups in total. The first-order valence-corrected chi connectivity index (χ1v) is 7.72. The summed E-state index contributed by atoms with van der Waals surface area (Å²) in [6.07, 6.45) is 0. The van der Waals surface area contributed by atoms with Crippen LogP contribution in [0.5, 0.6) is 0 Å². The summed E-state index contributed by atoms with van der Waals surface area (Å²) in [7, 11) is 0. The van der Waals surface area contributed by atoms with E-state index < -0.39 is 0 Å². The lowest BCUT2D eigenvalue weighted by molar-refractivity contribution is -0.125. The van der Waals surface area contributed by atoms with Gasteiger partial charge in [0.05, 0.1) is 10.9 Å². The van der Waals surface area contributed by atoms with Crippen LogP contribution in [0.25, 0.3) is 0 Å². The van der Waals surface area contributed by atoms with Gasteiger partial charge in [0.25, 0.3) is 0 Å². The topological polar surface area (TPSA) is 39.0 Å². The lowest BCUT2D eigenvalue weighted by Crippen LogP contribution is -2.28. The maximum absolute atomic E-state index is 12.2. The lowest BCUT2D eigenvalue weighted by atomic mass is 9.88. The molecule has 104 valence electrons. The number of nitrogens with one attached hydrogen (secondary N) is 1. The SMILES string of the molecule is Cc1ccc(CSC2(C)NC2C(=O)C(C)(C)C)cc1. The summed E-state index contributed by atoms with van der Waals surface area (Å²) >= 11 is 1.82. The van der Waals surface area contributed by atoms with Gasteiger partial charge in [-0.1, -0.05) is 50.6 Å². The van der Waals surface area contributed by atoms with Gasteiger partial charge >= 0.3 is 0 Å². The van der Waals surface area contributed by atoms with Gasteiger partial charge in [0, 0.05) is 11.2 Å².